The number of hydrogen-bond donors (Lipinski definition) is 1. The third-order valence-corrected chi connectivity index (χ3v) is 3.81. The molecule has 7 nitrogen and oxygen atoms in total. The van der Waals surface area contributed by atoms with E-state index < -0.39 is 33.8 Å². The Balaban J connectivity index is 2.48. The SMILES string of the molecule is COc1cc(C(=O)Nc2cc(C(F)(F)F)ccc2Cl)c([N+](=O)[O-])cc1OC. The number of halogens is 4. The van der Waals surface area contributed by atoms with Crippen LogP contribution in [0.1, 0.15) is 15.9 Å². The van der Waals surface area contributed by atoms with Gasteiger partial charge in [-0.3, -0.25) is 14.9 Å². The molecule has 27 heavy (non-hydrogen) atoms. The molecule has 0 bridgehead atoms. The van der Waals surface area contributed by atoms with Crippen molar-refractivity contribution in [3.05, 3.63) is 56.6 Å². The van der Waals surface area contributed by atoms with Crippen molar-refractivity contribution in [1.29, 1.82) is 0 Å². The molecule has 0 aliphatic heterocycles. The van der Waals surface area contributed by atoms with Gasteiger partial charge in [0.05, 0.1) is 41.5 Å². The zero-order valence-electron chi connectivity index (χ0n) is 13.9. The molecule has 0 radical (unpaired) electrons. The molecule has 144 valence electrons. The van der Waals surface area contributed by atoms with Gasteiger partial charge in [0.2, 0.25) is 0 Å². The number of benzene rings is 2. The standard InChI is InChI=1S/C16H12ClF3N2O5/c1-26-13-6-9(12(22(24)25)7-14(13)27-2)15(23)21-11-5-8(16(18,19)20)3-4-10(11)17/h3-7H,1-2H3,(H,21,23). The summed E-state index contributed by atoms with van der Waals surface area (Å²) < 4.78 is 48.5. The molecular weight excluding hydrogens is 393 g/mol. The van der Waals surface area contributed by atoms with Crippen molar-refractivity contribution in [2.24, 2.45) is 0 Å². The Kier molecular flexibility index (Phi) is 5.79. The summed E-state index contributed by atoms with van der Waals surface area (Å²) in [5.41, 5.74) is -2.44. The minimum absolute atomic E-state index is 0.0119. The average Bonchev–Trinajstić information content (AvgIpc) is 2.61. The van der Waals surface area contributed by atoms with Gasteiger partial charge in [0.25, 0.3) is 11.6 Å². The number of nitrogens with one attached hydrogen (secondary N) is 1. The number of nitrogens with zero attached hydrogens (tertiary/aromatic N) is 1. The van der Waals surface area contributed by atoms with E-state index in [1.165, 1.54) is 14.2 Å². The Morgan fingerprint density at radius 1 is 1.15 bits per heavy atom. The maximum absolute atomic E-state index is 12.8. The summed E-state index contributed by atoms with van der Waals surface area (Å²) in [6, 6.07) is 4.36. The molecule has 0 aliphatic carbocycles. The molecule has 0 saturated carbocycles. The highest BCUT2D eigenvalue weighted by Gasteiger charge is 2.31. The Hall–Kier alpha value is -3.01. The molecule has 0 aliphatic rings. The fraction of sp³-hybridized carbons (Fsp3) is 0.188. The summed E-state index contributed by atoms with van der Waals surface area (Å²) in [5, 5.41) is 13.2. The molecule has 0 unspecified atom stereocenters. The van der Waals surface area contributed by atoms with Gasteiger partial charge in [-0.25, -0.2) is 0 Å². The number of alkyl halides is 3. The molecule has 1 amide bonds. The molecule has 0 aromatic heterocycles. The normalized spacial score (nSPS) is 11.0. The maximum atomic E-state index is 12.8. The van der Waals surface area contributed by atoms with E-state index in [9.17, 15) is 28.1 Å². The predicted octanol–water partition coefficient (Wildman–Crippen LogP) is 4.54. The van der Waals surface area contributed by atoms with Crippen LogP contribution in [0.4, 0.5) is 24.5 Å². The molecule has 2 rings (SSSR count). The topological polar surface area (TPSA) is 90.7 Å². The van der Waals surface area contributed by atoms with Crippen molar-refractivity contribution in [1.82, 2.24) is 0 Å². The van der Waals surface area contributed by atoms with Gasteiger partial charge in [-0.1, -0.05) is 11.6 Å². The summed E-state index contributed by atoms with van der Waals surface area (Å²) in [4.78, 5) is 22.9. The summed E-state index contributed by atoms with van der Waals surface area (Å²) >= 11 is 5.83. The van der Waals surface area contributed by atoms with Gasteiger partial charge in [-0.15, -0.1) is 0 Å². The van der Waals surface area contributed by atoms with E-state index in [4.69, 9.17) is 21.1 Å². The van der Waals surface area contributed by atoms with Gasteiger partial charge >= 0.3 is 6.18 Å². The van der Waals surface area contributed by atoms with E-state index in [1.807, 2.05) is 0 Å². The highest BCUT2D eigenvalue weighted by atomic mass is 35.5. The first-order chi connectivity index (χ1) is 12.6. The molecule has 0 spiro atoms. The van der Waals surface area contributed by atoms with Gasteiger partial charge in [-0.05, 0) is 18.2 Å². The van der Waals surface area contributed by atoms with Crippen LogP contribution in [0.3, 0.4) is 0 Å². The number of ether oxygens (including phenoxy) is 2. The zero-order valence-corrected chi connectivity index (χ0v) is 14.6. The summed E-state index contributed by atoms with van der Waals surface area (Å²) in [7, 11) is 2.51. The van der Waals surface area contributed by atoms with Gasteiger partial charge in [-0.2, -0.15) is 13.2 Å². The van der Waals surface area contributed by atoms with Gasteiger partial charge in [0.15, 0.2) is 11.5 Å². The Labute approximate surface area is 155 Å². The fourth-order valence-corrected chi connectivity index (χ4v) is 2.35. The molecular formula is C16H12ClF3N2O5. The van der Waals surface area contributed by atoms with E-state index in [-0.39, 0.29) is 22.2 Å². The number of hydrogen-bond acceptors (Lipinski definition) is 5. The number of rotatable bonds is 5. The van der Waals surface area contributed by atoms with E-state index in [0.29, 0.717) is 6.07 Å². The maximum Gasteiger partial charge on any atom is 0.416 e. The lowest BCUT2D eigenvalue weighted by molar-refractivity contribution is -0.385. The number of nitro groups is 1. The van der Waals surface area contributed by atoms with Gasteiger partial charge in [0.1, 0.15) is 5.56 Å². The number of carbonyl (C=O) groups is 1. The van der Waals surface area contributed by atoms with E-state index in [0.717, 1.165) is 24.3 Å². The molecule has 0 fully saturated rings. The molecule has 0 heterocycles. The number of methoxy groups -OCH3 is 2. The lowest BCUT2D eigenvalue weighted by atomic mass is 10.1. The van der Waals surface area contributed by atoms with Crippen LogP contribution in [0.2, 0.25) is 5.02 Å². The second kappa shape index (κ2) is 7.70. The Bertz CT molecular complexity index is 902. The van der Waals surface area contributed by atoms with Crippen LogP contribution >= 0.6 is 11.6 Å². The highest BCUT2D eigenvalue weighted by molar-refractivity contribution is 6.34. The number of amides is 1. The first-order valence-corrected chi connectivity index (χ1v) is 7.54. The van der Waals surface area contributed by atoms with E-state index in [2.05, 4.69) is 5.32 Å². The fourth-order valence-electron chi connectivity index (χ4n) is 2.19. The third kappa shape index (κ3) is 4.40. The smallest absolute Gasteiger partial charge is 0.416 e. The summed E-state index contributed by atoms with van der Waals surface area (Å²) in [6.45, 7) is 0. The number of carbonyl (C=O) groups excluding carboxylic acids is 1. The van der Waals surface area contributed by atoms with Crippen LogP contribution in [0.15, 0.2) is 30.3 Å². The van der Waals surface area contributed by atoms with Crippen molar-refractivity contribution in [3.8, 4) is 11.5 Å². The number of anilines is 1. The van der Waals surface area contributed by atoms with Crippen LogP contribution in [0, 0.1) is 10.1 Å². The lowest BCUT2D eigenvalue weighted by Gasteiger charge is -2.13. The molecule has 0 atom stereocenters. The van der Waals surface area contributed by atoms with Crippen LogP contribution in [0.25, 0.3) is 0 Å². The summed E-state index contributed by atoms with van der Waals surface area (Å²) in [5.74, 6) is -0.995. The number of nitro benzene ring substituents is 1. The first kappa shape index (κ1) is 20.3. The Morgan fingerprint density at radius 2 is 1.74 bits per heavy atom. The Morgan fingerprint density at radius 3 is 2.26 bits per heavy atom. The molecule has 2 aromatic rings. The minimum Gasteiger partial charge on any atom is -0.493 e. The largest absolute Gasteiger partial charge is 0.493 e. The minimum atomic E-state index is -4.65. The second-order valence-corrected chi connectivity index (χ2v) is 5.54. The van der Waals surface area contributed by atoms with Crippen LogP contribution in [-0.2, 0) is 6.18 Å². The van der Waals surface area contributed by atoms with Crippen molar-refractivity contribution in [2.45, 2.75) is 6.18 Å². The molecule has 2 aromatic carbocycles. The average molecular weight is 405 g/mol. The van der Waals surface area contributed by atoms with Gasteiger partial charge < -0.3 is 14.8 Å². The quantitative estimate of drug-likeness (QED) is 0.583. The molecule has 11 heteroatoms. The van der Waals surface area contributed by atoms with Crippen molar-refractivity contribution in [2.75, 3.05) is 19.5 Å². The van der Waals surface area contributed by atoms with Crippen LogP contribution in [0.5, 0.6) is 11.5 Å². The highest BCUT2D eigenvalue weighted by Crippen LogP contribution is 2.36. The van der Waals surface area contributed by atoms with E-state index in [1.54, 1.807) is 0 Å². The second-order valence-electron chi connectivity index (χ2n) is 5.13. The third-order valence-electron chi connectivity index (χ3n) is 3.49. The van der Waals surface area contributed by atoms with E-state index >= 15 is 0 Å². The van der Waals surface area contributed by atoms with Crippen molar-refractivity contribution < 1.29 is 32.4 Å². The van der Waals surface area contributed by atoms with Crippen LogP contribution in [-0.4, -0.2) is 25.1 Å². The monoisotopic (exact) mass is 404 g/mol. The van der Waals surface area contributed by atoms with Crippen molar-refractivity contribution in [3.63, 3.8) is 0 Å². The zero-order chi connectivity index (χ0) is 20.4. The van der Waals surface area contributed by atoms with Crippen LogP contribution < -0.4 is 14.8 Å². The summed E-state index contributed by atoms with van der Waals surface area (Å²) in [6.07, 6.45) is -4.65. The van der Waals surface area contributed by atoms with Gasteiger partial charge in [0, 0.05) is 6.07 Å². The molecule has 0 saturated heterocycles. The van der Waals surface area contributed by atoms with Crippen molar-refractivity contribution >= 4 is 28.9 Å². The molecule has 1 N–H and O–H groups in total. The first-order valence-electron chi connectivity index (χ1n) is 7.17. The predicted molar refractivity (Wildman–Crippen MR) is 90.6 cm³/mol. The lowest BCUT2D eigenvalue weighted by Crippen LogP contribution is -2.15.